The molecule has 4 aliphatic rings. The van der Waals surface area contributed by atoms with Gasteiger partial charge >= 0.3 is 0 Å². The van der Waals surface area contributed by atoms with Gasteiger partial charge in [0.15, 0.2) is 18.9 Å². The number of nitrogens with one attached hydrogen (secondary N) is 2. The minimum absolute atomic E-state index is 0.0256. The molecule has 3 saturated heterocycles. The largest absolute Gasteiger partial charge is 0.396 e. The Morgan fingerprint density at radius 2 is 0.640 bits per heavy atom. The number of hydrogen-bond acceptors (Lipinski definition) is 29. The Bertz CT molecular complexity index is 2500. The Morgan fingerprint density at radius 3 is 1.01 bits per heavy atom. The molecular formula is C81H144N2O28. The van der Waals surface area contributed by atoms with Crippen LogP contribution in [0.25, 0.3) is 0 Å². The number of hydrogen-bond donors (Lipinski definition) is 13. The van der Waals surface area contributed by atoms with E-state index in [1.807, 2.05) is 0 Å². The molecule has 30 nitrogen and oxygen atoms in total. The highest BCUT2D eigenvalue weighted by atomic mass is 16.7. The van der Waals surface area contributed by atoms with Crippen molar-refractivity contribution in [1.82, 2.24) is 10.6 Å². The van der Waals surface area contributed by atoms with Gasteiger partial charge in [-0.1, -0.05) is 72.1 Å². The number of Topliss-reactive ketones (excluding diaryl/α,β-unsaturated/α-hetero) is 7. The molecule has 13 N–H and O–H groups in total. The van der Waals surface area contributed by atoms with Crippen LogP contribution in [0.3, 0.4) is 0 Å². The van der Waals surface area contributed by atoms with Gasteiger partial charge in [-0.3, -0.25) is 38.4 Å². The summed E-state index contributed by atoms with van der Waals surface area (Å²) in [6.07, 6.45) is 12.0. The van der Waals surface area contributed by atoms with Gasteiger partial charge in [-0.15, -0.1) is 0 Å². The van der Waals surface area contributed by atoms with Crippen LogP contribution in [0.2, 0.25) is 0 Å². The Kier molecular flexibility index (Phi) is 57.2. The molecule has 0 spiro atoms. The number of aliphatic hydroxyl groups is 11. The quantitative estimate of drug-likeness (QED) is 0.0369. The highest BCUT2D eigenvalue weighted by Crippen LogP contribution is 2.34. The van der Waals surface area contributed by atoms with Crippen LogP contribution in [0.5, 0.6) is 0 Å². The molecule has 1 aliphatic carbocycles. The number of ether oxygens (including phenoxy) is 9. The van der Waals surface area contributed by atoms with Crippen molar-refractivity contribution in [3.05, 3.63) is 0 Å². The second-order valence-electron chi connectivity index (χ2n) is 30.7. The third-order valence-electron chi connectivity index (χ3n) is 21.3. The van der Waals surface area contributed by atoms with Crippen LogP contribution in [0.15, 0.2) is 0 Å². The minimum Gasteiger partial charge on any atom is -0.396 e. The summed E-state index contributed by atoms with van der Waals surface area (Å²) in [5, 5.41) is 113. The molecule has 0 bridgehead atoms. The second-order valence-corrected chi connectivity index (χ2v) is 30.7. The van der Waals surface area contributed by atoms with Crippen LogP contribution in [-0.2, 0) is 81.0 Å². The summed E-state index contributed by atoms with van der Waals surface area (Å²) in [7, 11) is 0. The standard InChI is InChI=1S/C41H74N2O16.C40H70O12/c1-28-36(50)38(52)33(26-44)58-40(28)56-19-8-6-13-30(46)11-4-3-5-12-31(47)15-21-54-23-24-55-22-16-35(49)43-18-10-17-42-25-32(48)14-7-9-20-57-41-29(2)37(51)39(53)34(27-45)59-41;1-29-38(48)39(49)37(28-42)52-40(29)51-22-14-13-18-31(43)15-10-8-11-17-33(45)21-24-50-23-20-32(44)16-9-6-4-2-3-5-7-12-19-36(47)35-26-34(46)25-30(35)27-41/h28-29,33-34,36-42,44-45,50-53H,3-27H2,1-2H3,(H,43,49);29-30,34-35,37-42,46,48-49H,2-28H2,1H3/t;29?,30-,34+,35?,37?,38?,39?,40?/m.0/s1. The van der Waals surface area contributed by atoms with E-state index in [9.17, 15) is 94.5 Å². The molecule has 4 rings (SSSR count). The number of carbonyl (C=O) groups is 8. The number of amides is 1. The van der Waals surface area contributed by atoms with Gasteiger partial charge in [0.2, 0.25) is 5.91 Å². The van der Waals surface area contributed by atoms with Gasteiger partial charge in [-0.25, -0.2) is 0 Å². The molecule has 16 unspecified atom stereocenters. The average Bonchev–Trinajstić information content (AvgIpc) is 1.60. The summed E-state index contributed by atoms with van der Waals surface area (Å²) in [4.78, 5) is 97.4. The van der Waals surface area contributed by atoms with Crippen LogP contribution in [0.4, 0.5) is 0 Å². The van der Waals surface area contributed by atoms with Crippen molar-refractivity contribution in [3.63, 3.8) is 0 Å². The first kappa shape index (κ1) is 102. The molecule has 0 aromatic carbocycles. The highest BCUT2D eigenvalue weighted by molar-refractivity contribution is 5.82. The molecule has 4 fully saturated rings. The maximum Gasteiger partial charge on any atom is 0.222 e. The van der Waals surface area contributed by atoms with Crippen LogP contribution >= 0.6 is 0 Å². The average molecular weight is 1590 g/mol. The van der Waals surface area contributed by atoms with Crippen molar-refractivity contribution in [2.75, 3.05) is 106 Å². The summed E-state index contributed by atoms with van der Waals surface area (Å²) < 4.78 is 50.1. The molecule has 0 radical (unpaired) electrons. The molecule has 0 aromatic heterocycles. The lowest BCUT2D eigenvalue weighted by atomic mass is 9.90. The number of rotatable bonds is 67. The predicted octanol–water partition coefficient (Wildman–Crippen LogP) is 4.63. The van der Waals surface area contributed by atoms with Gasteiger partial charge in [0.1, 0.15) is 77.1 Å². The smallest absolute Gasteiger partial charge is 0.222 e. The van der Waals surface area contributed by atoms with Crippen LogP contribution in [0, 0.1) is 29.6 Å². The SMILES string of the molecule is CC1C(OCCCCC(=O)CCCCCC(=O)CCOCCC(=O)CCCCCCCCCCC(=O)C2C[C@H](O)C[C@H]2CO)OC(CO)C(O)C1O.CC1C(OCCCCC(=O)CCCCCC(=O)CCOCCOCCC(=O)NCCCNCC(=O)CCCCOC2OC(CO)C(O)C(O)C2C)OC(CO)C(O)C1O. The number of ketones is 7. The summed E-state index contributed by atoms with van der Waals surface area (Å²) >= 11 is 0. The molecule has 0 aromatic rings. The minimum atomic E-state index is -1.17. The maximum absolute atomic E-state index is 12.4. The van der Waals surface area contributed by atoms with Gasteiger partial charge in [0, 0.05) is 140 Å². The zero-order valence-corrected chi connectivity index (χ0v) is 67.0. The Labute approximate surface area is 658 Å². The molecule has 111 heavy (non-hydrogen) atoms. The van der Waals surface area contributed by atoms with E-state index >= 15 is 0 Å². The molecule has 646 valence electrons. The van der Waals surface area contributed by atoms with Crippen molar-refractivity contribution in [3.8, 4) is 0 Å². The first-order valence-electron chi connectivity index (χ1n) is 41.8. The van der Waals surface area contributed by atoms with E-state index in [2.05, 4.69) is 10.6 Å². The Hall–Kier alpha value is -3.68. The Balaban J connectivity index is 0.000000580. The third kappa shape index (κ3) is 44.5. The zero-order valence-electron chi connectivity index (χ0n) is 67.0. The fraction of sp³-hybridized carbons (Fsp3) is 0.901. The zero-order chi connectivity index (χ0) is 81.6. The van der Waals surface area contributed by atoms with Crippen molar-refractivity contribution in [2.24, 2.45) is 29.6 Å². The summed E-state index contributed by atoms with van der Waals surface area (Å²) in [6.45, 7) is 8.02. The van der Waals surface area contributed by atoms with E-state index in [4.69, 9.17) is 42.6 Å². The van der Waals surface area contributed by atoms with Gasteiger partial charge in [0.05, 0.1) is 90.4 Å². The summed E-state index contributed by atoms with van der Waals surface area (Å²) in [5.74, 6) is -0.668. The van der Waals surface area contributed by atoms with E-state index in [0.717, 1.165) is 89.9 Å². The van der Waals surface area contributed by atoms with E-state index in [-0.39, 0.29) is 84.4 Å². The second kappa shape index (κ2) is 62.5. The lowest BCUT2D eigenvalue weighted by Gasteiger charge is -2.40. The topological polar surface area (TPSA) is 466 Å². The molecule has 3 aliphatic heterocycles. The van der Waals surface area contributed by atoms with Crippen LogP contribution in [-0.4, -0.2) is 288 Å². The van der Waals surface area contributed by atoms with Crippen molar-refractivity contribution in [1.29, 1.82) is 0 Å². The van der Waals surface area contributed by atoms with E-state index in [0.29, 0.717) is 201 Å². The van der Waals surface area contributed by atoms with Crippen LogP contribution in [0.1, 0.15) is 252 Å². The van der Waals surface area contributed by atoms with E-state index in [1.165, 1.54) is 0 Å². The van der Waals surface area contributed by atoms with Gasteiger partial charge < -0.3 is 109 Å². The molecular weight excluding hydrogens is 1450 g/mol. The van der Waals surface area contributed by atoms with Crippen molar-refractivity contribution >= 4 is 46.4 Å². The normalized spacial score (nSPS) is 26.6. The first-order chi connectivity index (χ1) is 53.5. The fourth-order valence-electron chi connectivity index (χ4n) is 13.9. The molecule has 30 heteroatoms. The van der Waals surface area contributed by atoms with Gasteiger partial charge in [0.25, 0.3) is 0 Å². The number of unbranched alkanes of at least 4 members (excludes halogenated alkanes) is 14. The first-order valence-corrected chi connectivity index (χ1v) is 41.8. The van der Waals surface area contributed by atoms with Gasteiger partial charge in [-0.05, 0) is 109 Å². The molecule has 1 amide bonds. The third-order valence-corrected chi connectivity index (χ3v) is 21.3. The molecule has 3 heterocycles. The van der Waals surface area contributed by atoms with Crippen LogP contribution < -0.4 is 10.6 Å². The summed E-state index contributed by atoms with van der Waals surface area (Å²) in [5.41, 5.74) is 0. The maximum atomic E-state index is 12.4. The Morgan fingerprint density at radius 1 is 0.324 bits per heavy atom. The lowest BCUT2D eigenvalue weighted by Crippen LogP contribution is -2.55. The predicted molar refractivity (Wildman–Crippen MR) is 408 cm³/mol. The van der Waals surface area contributed by atoms with Gasteiger partial charge in [-0.2, -0.15) is 0 Å². The molecule has 1 saturated carbocycles. The van der Waals surface area contributed by atoms with E-state index in [1.54, 1.807) is 20.8 Å². The van der Waals surface area contributed by atoms with E-state index < -0.39 is 117 Å². The number of carbonyl (C=O) groups excluding carboxylic acids is 8. The number of aliphatic hydroxyl groups excluding tert-OH is 11. The molecule has 18 atom stereocenters. The highest BCUT2D eigenvalue weighted by Gasteiger charge is 2.45. The summed E-state index contributed by atoms with van der Waals surface area (Å²) in [6, 6.07) is 0. The monoisotopic (exact) mass is 1590 g/mol. The van der Waals surface area contributed by atoms with Crippen molar-refractivity contribution < 1.29 is 137 Å². The fourth-order valence-corrected chi connectivity index (χ4v) is 13.9. The lowest BCUT2D eigenvalue weighted by molar-refractivity contribution is -0.282. The van der Waals surface area contributed by atoms with Crippen molar-refractivity contribution in [2.45, 2.75) is 332 Å².